The molecule has 0 saturated carbocycles. The van der Waals surface area contributed by atoms with E-state index in [1.165, 1.54) is 0 Å². The van der Waals surface area contributed by atoms with Gasteiger partial charge in [-0.3, -0.25) is 4.68 Å². The zero-order valence-corrected chi connectivity index (χ0v) is 8.81. The van der Waals surface area contributed by atoms with Gasteiger partial charge in [-0.05, 0) is 13.0 Å². The van der Waals surface area contributed by atoms with E-state index in [2.05, 4.69) is 22.3 Å². The molecule has 80 valence electrons. The van der Waals surface area contributed by atoms with Crippen LogP contribution >= 0.6 is 0 Å². The molecule has 1 aromatic heterocycles. The van der Waals surface area contributed by atoms with Crippen molar-refractivity contribution in [3.05, 3.63) is 12.7 Å². The van der Waals surface area contributed by atoms with Gasteiger partial charge in [-0.15, -0.1) is 0 Å². The first-order chi connectivity index (χ1) is 6.86. The molecule has 1 aromatic rings. The van der Waals surface area contributed by atoms with Crippen LogP contribution in [0.25, 0.3) is 0 Å². The van der Waals surface area contributed by atoms with Gasteiger partial charge in [0.15, 0.2) is 0 Å². The van der Waals surface area contributed by atoms with Gasteiger partial charge in [-0.1, -0.05) is 6.92 Å². The second-order valence-electron chi connectivity index (χ2n) is 3.22. The summed E-state index contributed by atoms with van der Waals surface area (Å²) in [5, 5.41) is 7.45. The van der Waals surface area contributed by atoms with Crippen molar-refractivity contribution in [3.63, 3.8) is 0 Å². The Labute approximate surface area is 84.5 Å². The summed E-state index contributed by atoms with van der Waals surface area (Å²) in [7, 11) is 1.71. The minimum atomic E-state index is 0.307. The van der Waals surface area contributed by atoms with Crippen molar-refractivity contribution in [1.82, 2.24) is 20.1 Å². The fourth-order valence-electron chi connectivity index (χ4n) is 1.28. The third-order valence-electron chi connectivity index (χ3n) is 1.92. The second-order valence-corrected chi connectivity index (χ2v) is 3.22. The lowest BCUT2D eigenvalue weighted by molar-refractivity contribution is 0.157. The Morgan fingerprint density at radius 2 is 2.43 bits per heavy atom. The zero-order chi connectivity index (χ0) is 10.2. The largest absolute Gasteiger partial charge is 0.383 e. The lowest BCUT2D eigenvalue weighted by Gasteiger charge is -2.16. The standard InChI is InChI=1S/C9H18N4O/c1-3-4-11-9(6-14-2)5-13-8-10-7-12-13/h7-9,11H,3-6H2,1-2H3. The van der Waals surface area contributed by atoms with Crippen molar-refractivity contribution in [1.29, 1.82) is 0 Å². The molecule has 1 rings (SSSR count). The first-order valence-corrected chi connectivity index (χ1v) is 4.91. The number of methoxy groups -OCH3 is 1. The van der Waals surface area contributed by atoms with Gasteiger partial charge in [0, 0.05) is 7.11 Å². The summed E-state index contributed by atoms with van der Waals surface area (Å²) in [6.07, 6.45) is 4.39. The Kier molecular flexibility index (Phi) is 5.17. The van der Waals surface area contributed by atoms with E-state index in [9.17, 15) is 0 Å². The van der Waals surface area contributed by atoms with Crippen LogP contribution in [-0.2, 0) is 11.3 Å². The maximum Gasteiger partial charge on any atom is 0.137 e. The summed E-state index contributed by atoms with van der Waals surface area (Å²) < 4.78 is 6.94. The summed E-state index contributed by atoms with van der Waals surface area (Å²) in [6, 6.07) is 0.307. The molecule has 0 saturated heterocycles. The van der Waals surface area contributed by atoms with Gasteiger partial charge in [0.1, 0.15) is 12.7 Å². The van der Waals surface area contributed by atoms with Gasteiger partial charge < -0.3 is 10.1 Å². The van der Waals surface area contributed by atoms with E-state index >= 15 is 0 Å². The Hall–Kier alpha value is -0.940. The molecule has 1 atom stereocenters. The highest BCUT2D eigenvalue weighted by Crippen LogP contribution is 1.91. The number of aromatic nitrogens is 3. The number of nitrogens with zero attached hydrogens (tertiary/aromatic N) is 3. The minimum Gasteiger partial charge on any atom is -0.383 e. The fourth-order valence-corrected chi connectivity index (χ4v) is 1.28. The molecule has 14 heavy (non-hydrogen) atoms. The number of hydrogen-bond acceptors (Lipinski definition) is 4. The zero-order valence-electron chi connectivity index (χ0n) is 8.81. The maximum absolute atomic E-state index is 5.13. The smallest absolute Gasteiger partial charge is 0.137 e. The summed E-state index contributed by atoms with van der Waals surface area (Å²) in [5.74, 6) is 0. The molecular weight excluding hydrogens is 180 g/mol. The highest BCUT2D eigenvalue weighted by molar-refractivity contribution is 4.68. The highest BCUT2D eigenvalue weighted by Gasteiger charge is 2.07. The van der Waals surface area contributed by atoms with E-state index in [1.807, 2.05) is 4.68 Å². The molecule has 0 fully saturated rings. The van der Waals surface area contributed by atoms with Crippen molar-refractivity contribution in [3.8, 4) is 0 Å². The molecule has 0 spiro atoms. The lowest BCUT2D eigenvalue weighted by Crippen LogP contribution is -2.37. The SMILES string of the molecule is CCCNC(COC)Cn1cncn1. The topological polar surface area (TPSA) is 52.0 Å². The number of hydrogen-bond donors (Lipinski definition) is 1. The van der Waals surface area contributed by atoms with Crippen molar-refractivity contribution >= 4 is 0 Å². The average Bonchev–Trinajstić information content (AvgIpc) is 2.67. The van der Waals surface area contributed by atoms with Crippen molar-refractivity contribution in [2.75, 3.05) is 20.3 Å². The molecule has 0 amide bonds. The molecule has 1 heterocycles. The van der Waals surface area contributed by atoms with Crippen LogP contribution in [-0.4, -0.2) is 41.1 Å². The van der Waals surface area contributed by atoms with Gasteiger partial charge in [0.2, 0.25) is 0 Å². The van der Waals surface area contributed by atoms with Gasteiger partial charge in [0.05, 0.1) is 19.2 Å². The summed E-state index contributed by atoms with van der Waals surface area (Å²) in [6.45, 7) is 4.64. The normalized spacial score (nSPS) is 13.0. The van der Waals surface area contributed by atoms with Crippen LogP contribution in [0.5, 0.6) is 0 Å². The van der Waals surface area contributed by atoms with Gasteiger partial charge >= 0.3 is 0 Å². The fraction of sp³-hybridized carbons (Fsp3) is 0.778. The second kappa shape index (κ2) is 6.50. The number of ether oxygens (including phenoxy) is 1. The maximum atomic E-state index is 5.13. The lowest BCUT2D eigenvalue weighted by atomic mass is 10.3. The van der Waals surface area contributed by atoms with Crippen LogP contribution in [0.2, 0.25) is 0 Å². The molecule has 0 aliphatic heterocycles. The molecule has 5 heteroatoms. The number of nitrogens with one attached hydrogen (secondary N) is 1. The molecule has 5 nitrogen and oxygen atoms in total. The van der Waals surface area contributed by atoms with Crippen LogP contribution in [0.4, 0.5) is 0 Å². The molecule has 1 N–H and O–H groups in total. The van der Waals surface area contributed by atoms with Crippen molar-refractivity contribution in [2.45, 2.75) is 25.9 Å². The van der Waals surface area contributed by atoms with Crippen LogP contribution in [0, 0.1) is 0 Å². The molecule has 1 unspecified atom stereocenters. The van der Waals surface area contributed by atoms with Crippen molar-refractivity contribution in [2.24, 2.45) is 0 Å². The predicted molar refractivity (Wildman–Crippen MR) is 54.0 cm³/mol. The monoisotopic (exact) mass is 198 g/mol. The van der Waals surface area contributed by atoms with Gasteiger partial charge in [-0.2, -0.15) is 5.10 Å². The van der Waals surface area contributed by atoms with E-state index < -0.39 is 0 Å². The first kappa shape index (κ1) is 11.1. The number of rotatable bonds is 7. The molecular formula is C9H18N4O. The van der Waals surface area contributed by atoms with E-state index in [4.69, 9.17) is 4.74 Å². The first-order valence-electron chi connectivity index (χ1n) is 4.91. The molecule has 0 aliphatic rings. The predicted octanol–water partition coefficient (Wildman–Crippen LogP) is 0.293. The third kappa shape index (κ3) is 3.85. The quantitative estimate of drug-likeness (QED) is 0.684. The van der Waals surface area contributed by atoms with E-state index in [0.29, 0.717) is 12.6 Å². The van der Waals surface area contributed by atoms with E-state index in [1.54, 1.807) is 19.8 Å². The van der Waals surface area contributed by atoms with Crippen LogP contribution in [0.1, 0.15) is 13.3 Å². The summed E-state index contributed by atoms with van der Waals surface area (Å²) in [5.41, 5.74) is 0. The Bertz CT molecular complexity index is 225. The molecule has 0 radical (unpaired) electrons. The Balaban J connectivity index is 2.34. The summed E-state index contributed by atoms with van der Waals surface area (Å²) in [4.78, 5) is 3.90. The Morgan fingerprint density at radius 3 is 3.00 bits per heavy atom. The molecule has 0 bridgehead atoms. The van der Waals surface area contributed by atoms with Gasteiger partial charge in [-0.25, -0.2) is 4.98 Å². The van der Waals surface area contributed by atoms with Gasteiger partial charge in [0.25, 0.3) is 0 Å². The molecule has 0 aromatic carbocycles. The van der Waals surface area contributed by atoms with Crippen molar-refractivity contribution < 1.29 is 4.74 Å². The average molecular weight is 198 g/mol. The minimum absolute atomic E-state index is 0.307. The summed E-state index contributed by atoms with van der Waals surface area (Å²) >= 11 is 0. The van der Waals surface area contributed by atoms with E-state index in [0.717, 1.165) is 19.5 Å². The van der Waals surface area contributed by atoms with Crippen LogP contribution in [0.15, 0.2) is 12.7 Å². The highest BCUT2D eigenvalue weighted by atomic mass is 16.5. The van der Waals surface area contributed by atoms with Crippen LogP contribution < -0.4 is 5.32 Å². The third-order valence-corrected chi connectivity index (χ3v) is 1.92. The Morgan fingerprint density at radius 1 is 1.57 bits per heavy atom. The van der Waals surface area contributed by atoms with E-state index in [-0.39, 0.29) is 0 Å². The molecule has 0 aliphatic carbocycles. The van der Waals surface area contributed by atoms with Crippen LogP contribution in [0.3, 0.4) is 0 Å².